The minimum Gasteiger partial charge on any atom is -0.490 e. The molecule has 1 aliphatic rings. The summed E-state index contributed by atoms with van der Waals surface area (Å²) < 4.78 is 5.96. The number of benzene rings is 1. The zero-order valence-corrected chi connectivity index (χ0v) is 11.5. The summed E-state index contributed by atoms with van der Waals surface area (Å²) in [6, 6.07) is 7.31. The van der Waals surface area contributed by atoms with Gasteiger partial charge in [0.05, 0.1) is 11.7 Å². The minimum atomic E-state index is 0.00882. The Balaban J connectivity index is 2.09. The highest BCUT2D eigenvalue weighted by molar-refractivity contribution is 5.96. The topological polar surface area (TPSA) is 43.4 Å². The first-order chi connectivity index (χ1) is 9.08. The summed E-state index contributed by atoms with van der Waals surface area (Å²) in [5, 5.41) is 0. The van der Waals surface area contributed by atoms with Gasteiger partial charge < -0.3 is 4.74 Å². The van der Waals surface area contributed by atoms with E-state index in [4.69, 9.17) is 4.74 Å². The lowest BCUT2D eigenvalue weighted by Gasteiger charge is -2.28. The van der Waals surface area contributed by atoms with E-state index in [0.717, 1.165) is 25.7 Å². The van der Waals surface area contributed by atoms with E-state index in [-0.39, 0.29) is 23.6 Å². The molecule has 1 fully saturated rings. The molecule has 102 valence electrons. The van der Waals surface area contributed by atoms with Crippen LogP contribution in [-0.4, -0.2) is 17.7 Å². The number of para-hydroxylation sites is 1. The van der Waals surface area contributed by atoms with Gasteiger partial charge in [0.1, 0.15) is 11.5 Å². The van der Waals surface area contributed by atoms with E-state index in [9.17, 15) is 9.59 Å². The standard InChI is InChI=1S/C16H20O3/c1-11(17)13-6-5-7-14(10-13)19-16-9-4-3-8-15(16)12(2)18/h3-4,8-9,13-14H,5-7,10H2,1-2H3. The van der Waals surface area contributed by atoms with Gasteiger partial charge in [-0.05, 0) is 51.7 Å². The molecule has 0 amide bonds. The van der Waals surface area contributed by atoms with Crippen molar-refractivity contribution in [2.24, 2.45) is 5.92 Å². The summed E-state index contributed by atoms with van der Waals surface area (Å²) >= 11 is 0. The van der Waals surface area contributed by atoms with Crippen molar-refractivity contribution < 1.29 is 14.3 Å². The van der Waals surface area contributed by atoms with Gasteiger partial charge in [-0.25, -0.2) is 0 Å². The average Bonchev–Trinajstić information content (AvgIpc) is 2.39. The highest BCUT2D eigenvalue weighted by atomic mass is 16.5. The molecule has 0 bridgehead atoms. The summed E-state index contributed by atoms with van der Waals surface area (Å²) in [7, 11) is 0. The van der Waals surface area contributed by atoms with Crippen LogP contribution in [0.5, 0.6) is 5.75 Å². The van der Waals surface area contributed by atoms with Crippen molar-refractivity contribution in [3.05, 3.63) is 29.8 Å². The van der Waals surface area contributed by atoms with Crippen molar-refractivity contribution in [2.45, 2.75) is 45.6 Å². The van der Waals surface area contributed by atoms with E-state index in [1.54, 1.807) is 19.9 Å². The Morgan fingerprint density at radius 2 is 1.89 bits per heavy atom. The van der Waals surface area contributed by atoms with Gasteiger partial charge in [-0.2, -0.15) is 0 Å². The molecule has 0 N–H and O–H groups in total. The molecule has 0 aliphatic heterocycles. The predicted molar refractivity (Wildman–Crippen MR) is 73.5 cm³/mol. The molecule has 1 aliphatic carbocycles. The van der Waals surface area contributed by atoms with Crippen LogP contribution in [-0.2, 0) is 4.79 Å². The smallest absolute Gasteiger partial charge is 0.163 e. The summed E-state index contributed by atoms with van der Waals surface area (Å²) in [6.07, 6.45) is 3.74. The maximum Gasteiger partial charge on any atom is 0.163 e. The molecule has 2 unspecified atom stereocenters. The second-order valence-corrected chi connectivity index (χ2v) is 5.27. The lowest BCUT2D eigenvalue weighted by Crippen LogP contribution is -2.29. The molecule has 2 rings (SSSR count). The highest BCUT2D eigenvalue weighted by Crippen LogP contribution is 2.29. The van der Waals surface area contributed by atoms with Crippen molar-refractivity contribution in [1.29, 1.82) is 0 Å². The first-order valence-electron chi connectivity index (χ1n) is 6.85. The molecule has 19 heavy (non-hydrogen) atoms. The fourth-order valence-corrected chi connectivity index (χ4v) is 2.66. The Morgan fingerprint density at radius 3 is 2.58 bits per heavy atom. The van der Waals surface area contributed by atoms with Gasteiger partial charge in [0.15, 0.2) is 5.78 Å². The summed E-state index contributed by atoms with van der Waals surface area (Å²) in [6.45, 7) is 3.19. The number of ketones is 2. The second kappa shape index (κ2) is 6.00. The van der Waals surface area contributed by atoms with Gasteiger partial charge in [-0.1, -0.05) is 12.1 Å². The number of Topliss-reactive ketones (excluding diaryl/α,β-unsaturated/α-hetero) is 2. The molecule has 1 aromatic rings. The second-order valence-electron chi connectivity index (χ2n) is 5.27. The molecule has 3 nitrogen and oxygen atoms in total. The number of hydrogen-bond donors (Lipinski definition) is 0. The molecular formula is C16H20O3. The zero-order chi connectivity index (χ0) is 13.8. The highest BCUT2D eigenvalue weighted by Gasteiger charge is 2.26. The molecule has 0 radical (unpaired) electrons. The Bertz CT molecular complexity index is 479. The maximum atomic E-state index is 11.5. The monoisotopic (exact) mass is 260 g/mol. The number of carbonyl (C=O) groups excluding carboxylic acids is 2. The average molecular weight is 260 g/mol. The van der Waals surface area contributed by atoms with Crippen molar-refractivity contribution in [1.82, 2.24) is 0 Å². The fourth-order valence-electron chi connectivity index (χ4n) is 2.66. The van der Waals surface area contributed by atoms with Gasteiger partial charge in [0, 0.05) is 5.92 Å². The summed E-state index contributed by atoms with van der Waals surface area (Å²) in [5.41, 5.74) is 0.618. The third-order valence-electron chi connectivity index (χ3n) is 3.76. The van der Waals surface area contributed by atoms with Gasteiger partial charge in [-0.3, -0.25) is 9.59 Å². The molecule has 0 spiro atoms. The van der Waals surface area contributed by atoms with Crippen LogP contribution in [0.25, 0.3) is 0 Å². The molecule has 3 heteroatoms. The summed E-state index contributed by atoms with van der Waals surface area (Å²) in [5.74, 6) is 1.01. The minimum absolute atomic E-state index is 0.00882. The normalized spacial score (nSPS) is 22.8. The lowest BCUT2D eigenvalue weighted by molar-refractivity contribution is -0.122. The number of rotatable bonds is 4. The molecule has 0 heterocycles. The molecule has 1 aromatic carbocycles. The van der Waals surface area contributed by atoms with Crippen molar-refractivity contribution in [3.63, 3.8) is 0 Å². The van der Waals surface area contributed by atoms with Crippen LogP contribution in [0.3, 0.4) is 0 Å². The van der Waals surface area contributed by atoms with E-state index in [1.165, 1.54) is 0 Å². The van der Waals surface area contributed by atoms with Crippen LogP contribution in [0.4, 0.5) is 0 Å². The van der Waals surface area contributed by atoms with E-state index < -0.39 is 0 Å². The predicted octanol–water partition coefficient (Wildman–Crippen LogP) is 3.42. The van der Waals surface area contributed by atoms with Crippen LogP contribution in [0.1, 0.15) is 49.9 Å². The van der Waals surface area contributed by atoms with E-state index in [2.05, 4.69) is 0 Å². The molecule has 2 atom stereocenters. The number of ether oxygens (including phenoxy) is 1. The first-order valence-corrected chi connectivity index (χ1v) is 6.85. The molecule has 0 aromatic heterocycles. The van der Waals surface area contributed by atoms with Crippen LogP contribution >= 0.6 is 0 Å². The third kappa shape index (κ3) is 3.43. The van der Waals surface area contributed by atoms with Gasteiger partial charge in [0.25, 0.3) is 0 Å². The quantitative estimate of drug-likeness (QED) is 0.779. The summed E-state index contributed by atoms with van der Waals surface area (Å²) in [4.78, 5) is 23.0. The number of hydrogen-bond acceptors (Lipinski definition) is 3. The first kappa shape index (κ1) is 13.8. The third-order valence-corrected chi connectivity index (χ3v) is 3.76. The largest absolute Gasteiger partial charge is 0.490 e. The lowest BCUT2D eigenvalue weighted by atomic mass is 9.85. The van der Waals surface area contributed by atoms with E-state index in [0.29, 0.717) is 11.3 Å². The Labute approximate surface area is 114 Å². The van der Waals surface area contributed by atoms with Crippen LogP contribution in [0.2, 0.25) is 0 Å². The Kier molecular flexibility index (Phi) is 4.35. The van der Waals surface area contributed by atoms with E-state index in [1.807, 2.05) is 18.2 Å². The molecular weight excluding hydrogens is 240 g/mol. The van der Waals surface area contributed by atoms with Crippen molar-refractivity contribution >= 4 is 11.6 Å². The SMILES string of the molecule is CC(=O)c1ccccc1OC1CCCC(C(C)=O)C1. The van der Waals surface area contributed by atoms with Crippen LogP contribution < -0.4 is 4.74 Å². The fraction of sp³-hybridized carbons (Fsp3) is 0.500. The molecule has 1 saturated carbocycles. The van der Waals surface area contributed by atoms with Crippen molar-refractivity contribution in [2.75, 3.05) is 0 Å². The Hall–Kier alpha value is -1.64. The van der Waals surface area contributed by atoms with Gasteiger partial charge >= 0.3 is 0 Å². The van der Waals surface area contributed by atoms with E-state index >= 15 is 0 Å². The van der Waals surface area contributed by atoms with Crippen molar-refractivity contribution in [3.8, 4) is 5.75 Å². The van der Waals surface area contributed by atoms with Gasteiger partial charge in [0.2, 0.25) is 0 Å². The maximum absolute atomic E-state index is 11.5. The Morgan fingerprint density at radius 1 is 1.16 bits per heavy atom. The van der Waals surface area contributed by atoms with Gasteiger partial charge in [-0.15, -0.1) is 0 Å². The van der Waals surface area contributed by atoms with Crippen LogP contribution in [0, 0.1) is 5.92 Å². The zero-order valence-electron chi connectivity index (χ0n) is 11.5. The van der Waals surface area contributed by atoms with Crippen LogP contribution in [0.15, 0.2) is 24.3 Å². The molecule has 0 saturated heterocycles. The number of carbonyl (C=O) groups is 2.